The van der Waals surface area contributed by atoms with Gasteiger partial charge in [-0.15, -0.1) is 0 Å². The summed E-state index contributed by atoms with van der Waals surface area (Å²) in [5.74, 6) is 0.254. The Balaban J connectivity index is 1.25. The highest BCUT2D eigenvalue weighted by Crippen LogP contribution is 2.33. The maximum Gasteiger partial charge on any atom is 0.237 e. The number of aryl methyl sites for hydroxylation is 1. The zero-order valence-electron chi connectivity index (χ0n) is 17.6. The normalized spacial score (nSPS) is 20.2. The first kappa shape index (κ1) is 20.1. The number of nitrogens with zero attached hydrogens (tertiary/aromatic N) is 3. The molecule has 1 aliphatic heterocycles. The molecule has 1 amide bonds. The summed E-state index contributed by atoms with van der Waals surface area (Å²) in [5.41, 5.74) is 4.16. The molecule has 4 nitrogen and oxygen atoms in total. The van der Waals surface area contributed by atoms with Gasteiger partial charge >= 0.3 is 0 Å². The molecule has 1 fully saturated rings. The van der Waals surface area contributed by atoms with Crippen LogP contribution in [0.1, 0.15) is 35.6 Å². The van der Waals surface area contributed by atoms with Crippen LogP contribution < -0.4 is 0 Å². The summed E-state index contributed by atoms with van der Waals surface area (Å²) in [4.78, 5) is 19.8. The Labute approximate surface area is 175 Å². The molecule has 4 rings (SSSR count). The molecule has 0 spiro atoms. The third-order valence-electron chi connectivity index (χ3n) is 6.58. The third-order valence-corrected chi connectivity index (χ3v) is 6.58. The van der Waals surface area contributed by atoms with Crippen molar-refractivity contribution in [2.75, 3.05) is 46.3 Å². The summed E-state index contributed by atoms with van der Waals surface area (Å²) >= 11 is 0. The second-order valence-corrected chi connectivity index (χ2v) is 8.46. The first-order valence-corrected chi connectivity index (χ1v) is 11.0. The van der Waals surface area contributed by atoms with Crippen molar-refractivity contribution in [2.45, 2.75) is 31.7 Å². The van der Waals surface area contributed by atoms with Crippen molar-refractivity contribution in [2.24, 2.45) is 0 Å². The Hall–Kier alpha value is -2.17. The fraction of sp³-hybridized carbons (Fsp3) is 0.480. The molecule has 1 unspecified atom stereocenters. The Kier molecular flexibility index (Phi) is 6.63. The summed E-state index contributed by atoms with van der Waals surface area (Å²) in [6, 6.07) is 19.6. The van der Waals surface area contributed by atoms with Gasteiger partial charge in [-0.2, -0.15) is 0 Å². The number of fused-ring (bicyclic) bond motifs is 1. The maximum absolute atomic E-state index is 13.0. The van der Waals surface area contributed by atoms with Crippen molar-refractivity contribution < 1.29 is 4.79 Å². The highest BCUT2D eigenvalue weighted by Gasteiger charge is 2.28. The number of likely N-dealkylation sites (N-methyl/N-ethyl adjacent to an activating group) is 1. The molecule has 0 aromatic heterocycles. The van der Waals surface area contributed by atoms with E-state index in [0.717, 1.165) is 52.0 Å². The van der Waals surface area contributed by atoms with Crippen LogP contribution in [0.3, 0.4) is 0 Å². The predicted octanol–water partition coefficient (Wildman–Crippen LogP) is 3.38. The first-order valence-electron chi connectivity index (χ1n) is 11.0. The van der Waals surface area contributed by atoms with Gasteiger partial charge in [0.2, 0.25) is 5.91 Å². The average molecular weight is 392 g/mol. The van der Waals surface area contributed by atoms with Crippen LogP contribution in [0.25, 0.3) is 0 Å². The van der Waals surface area contributed by atoms with Crippen LogP contribution in [0, 0.1) is 0 Å². The lowest BCUT2D eigenvalue weighted by Gasteiger charge is -2.37. The van der Waals surface area contributed by atoms with Crippen molar-refractivity contribution in [1.29, 1.82) is 0 Å². The summed E-state index contributed by atoms with van der Waals surface area (Å²) in [6.07, 6.45) is 4.48. The molecule has 2 aliphatic rings. The van der Waals surface area contributed by atoms with Crippen LogP contribution in [0.2, 0.25) is 0 Å². The molecule has 1 aliphatic carbocycles. The SMILES string of the molecule is CN(C(=O)CN1CCN(CCc2ccccc2)CC1)C1CCCc2ccccc21. The number of carbonyl (C=O) groups is 1. The molecule has 29 heavy (non-hydrogen) atoms. The molecule has 0 bridgehead atoms. The molecule has 4 heteroatoms. The lowest BCUT2D eigenvalue weighted by Crippen LogP contribution is -2.50. The van der Waals surface area contributed by atoms with E-state index >= 15 is 0 Å². The lowest BCUT2D eigenvalue weighted by atomic mass is 9.87. The van der Waals surface area contributed by atoms with Crippen LogP contribution in [0.4, 0.5) is 0 Å². The minimum absolute atomic E-state index is 0.236. The van der Waals surface area contributed by atoms with Crippen molar-refractivity contribution >= 4 is 5.91 Å². The van der Waals surface area contributed by atoms with E-state index in [1.807, 2.05) is 11.9 Å². The number of piperazine rings is 1. The van der Waals surface area contributed by atoms with E-state index in [4.69, 9.17) is 0 Å². The maximum atomic E-state index is 13.0. The van der Waals surface area contributed by atoms with E-state index in [0.29, 0.717) is 6.54 Å². The van der Waals surface area contributed by atoms with Gasteiger partial charge in [-0.05, 0) is 42.4 Å². The number of rotatable bonds is 6. The zero-order valence-corrected chi connectivity index (χ0v) is 17.6. The van der Waals surface area contributed by atoms with Gasteiger partial charge < -0.3 is 9.80 Å². The summed E-state index contributed by atoms with van der Waals surface area (Å²) in [5, 5.41) is 0. The van der Waals surface area contributed by atoms with E-state index in [2.05, 4.69) is 64.4 Å². The van der Waals surface area contributed by atoms with Gasteiger partial charge in [-0.3, -0.25) is 9.69 Å². The molecule has 154 valence electrons. The highest BCUT2D eigenvalue weighted by molar-refractivity contribution is 5.78. The molecule has 2 aromatic carbocycles. The van der Waals surface area contributed by atoms with Crippen molar-refractivity contribution in [1.82, 2.24) is 14.7 Å². The second kappa shape index (κ2) is 9.55. The molecule has 0 radical (unpaired) electrons. The van der Waals surface area contributed by atoms with E-state index < -0.39 is 0 Å². The van der Waals surface area contributed by atoms with Gasteiger partial charge in [0.15, 0.2) is 0 Å². The number of hydrogen-bond donors (Lipinski definition) is 0. The minimum Gasteiger partial charge on any atom is -0.338 e. The van der Waals surface area contributed by atoms with E-state index in [1.54, 1.807) is 0 Å². The van der Waals surface area contributed by atoms with Gasteiger partial charge in [-0.1, -0.05) is 54.6 Å². The molecule has 1 saturated heterocycles. The van der Waals surface area contributed by atoms with Crippen LogP contribution >= 0.6 is 0 Å². The average Bonchev–Trinajstić information content (AvgIpc) is 2.78. The highest BCUT2D eigenvalue weighted by atomic mass is 16.2. The van der Waals surface area contributed by atoms with E-state index in [-0.39, 0.29) is 11.9 Å². The predicted molar refractivity (Wildman–Crippen MR) is 118 cm³/mol. The Morgan fingerprint density at radius 1 is 0.966 bits per heavy atom. The Morgan fingerprint density at radius 3 is 2.45 bits per heavy atom. The molecule has 0 N–H and O–H groups in total. The molecule has 1 heterocycles. The van der Waals surface area contributed by atoms with Crippen LogP contribution in [-0.2, 0) is 17.6 Å². The van der Waals surface area contributed by atoms with Crippen LogP contribution in [0.15, 0.2) is 54.6 Å². The van der Waals surface area contributed by atoms with E-state index in [9.17, 15) is 4.79 Å². The van der Waals surface area contributed by atoms with Crippen LogP contribution in [0.5, 0.6) is 0 Å². The number of hydrogen-bond acceptors (Lipinski definition) is 3. The van der Waals surface area contributed by atoms with Gasteiger partial charge in [-0.25, -0.2) is 0 Å². The number of amides is 1. The topological polar surface area (TPSA) is 26.8 Å². The zero-order chi connectivity index (χ0) is 20.1. The molecule has 2 aromatic rings. The van der Waals surface area contributed by atoms with Gasteiger partial charge in [0, 0.05) is 39.8 Å². The molecule has 0 saturated carbocycles. The summed E-state index contributed by atoms with van der Waals surface area (Å²) in [6.45, 7) is 5.71. The summed E-state index contributed by atoms with van der Waals surface area (Å²) < 4.78 is 0. The Bertz CT molecular complexity index is 799. The lowest BCUT2D eigenvalue weighted by molar-refractivity contribution is -0.134. The molecular formula is C25H33N3O. The van der Waals surface area contributed by atoms with Gasteiger partial charge in [0.05, 0.1) is 12.6 Å². The van der Waals surface area contributed by atoms with Crippen molar-refractivity contribution in [3.05, 3.63) is 71.3 Å². The smallest absolute Gasteiger partial charge is 0.237 e. The summed E-state index contributed by atoms with van der Waals surface area (Å²) in [7, 11) is 1.99. The largest absolute Gasteiger partial charge is 0.338 e. The Morgan fingerprint density at radius 2 is 1.66 bits per heavy atom. The molecular weight excluding hydrogens is 358 g/mol. The van der Waals surface area contributed by atoms with Crippen molar-refractivity contribution in [3.63, 3.8) is 0 Å². The van der Waals surface area contributed by atoms with Gasteiger partial charge in [0.25, 0.3) is 0 Å². The van der Waals surface area contributed by atoms with Crippen LogP contribution in [-0.4, -0.2) is 66.9 Å². The van der Waals surface area contributed by atoms with E-state index in [1.165, 1.54) is 23.1 Å². The fourth-order valence-electron chi connectivity index (χ4n) is 4.71. The number of benzene rings is 2. The van der Waals surface area contributed by atoms with Crippen molar-refractivity contribution in [3.8, 4) is 0 Å². The standard InChI is InChI=1S/C25H33N3O/c1-26(24-13-7-11-22-10-5-6-12-23(22)24)25(29)20-28-18-16-27(17-19-28)15-14-21-8-3-2-4-9-21/h2-6,8-10,12,24H,7,11,13-20H2,1H3. The minimum atomic E-state index is 0.236. The van der Waals surface area contributed by atoms with Gasteiger partial charge in [0.1, 0.15) is 0 Å². The second-order valence-electron chi connectivity index (χ2n) is 8.46. The fourth-order valence-corrected chi connectivity index (χ4v) is 4.71. The molecule has 1 atom stereocenters. The third kappa shape index (κ3) is 5.06. The number of carbonyl (C=O) groups excluding carboxylic acids is 1. The first-order chi connectivity index (χ1) is 14.2. The quantitative estimate of drug-likeness (QED) is 0.755. The monoisotopic (exact) mass is 391 g/mol.